The van der Waals surface area contributed by atoms with Gasteiger partial charge in [-0.25, -0.2) is 0 Å². The SMILES string of the molecule is CC(=O)CC1CCCCN1C(=O)C1CCCCC1. The Morgan fingerprint density at radius 2 is 1.67 bits per heavy atom. The smallest absolute Gasteiger partial charge is 0.225 e. The predicted molar refractivity (Wildman–Crippen MR) is 71.2 cm³/mol. The van der Waals surface area contributed by atoms with E-state index in [0.29, 0.717) is 12.3 Å². The normalized spacial score (nSPS) is 26.1. The average Bonchev–Trinajstić information content (AvgIpc) is 2.39. The lowest BCUT2D eigenvalue weighted by atomic mass is 9.86. The van der Waals surface area contributed by atoms with Gasteiger partial charge < -0.3 is 4.90 Å². The Balaban J connectivity index is 1.98. The van der Waals surface area contributed by atoms with Gasteiger partial charge >= 0.3 is 0 Å². The number of hydrogen-bond donors (Lipinski definition) is 0. The lowest BCUT2D eigenvalue weighted by molar-refractivity contribution is -0.141. The third-order valence-electron chi connectivity index (χ3n) is 4.39. The maximum absolute atomic E-state index is 12.6. The first-order valence-corrected chi connectivity index (χ1v) is 7.48. The van der Waals surface area contributed by atoms with E-state index in [1.54, 1.807) is 6.92 Å². The molecule has 1 aliphatic carbocycles. The summed E-state index contributed by atoms with van der Waals surface area (Å²) in [5.74, 6) is 0.787. The van der Waals surface area contributed by atoms with Gasteiger partial charge in [0.15, 0.2) is 0 Å². The molecule has 1 saturated heterocycles. The largest absolute Gasteiger partial charge is 0.339 e. The second kappa shape index (κ2) is 6.35. The predicted octanol–water partition coefficient (Wildman–Crippen LogP) is 2.93. The molecule has 0 radical (unpaired) electrons. The summed E-state index contributed by atoms with van der Waals surface area (Å²) in [4.78, 5) is 25.9. The fourth-order valence-electron chi connectivity index (χ4n) is 3.42. The lowest BCUT2D eigenvalue weighted by Gasteiger charge is -2.38. The molecule has 1 aliphatic heterocycles. The van der Waals surface area contributed by atoms with Crippen LogP contribution in [0.3, 0.4) is 0 Å². The van der Waals surface area contributed by atoms with E-state index < -0.39 is 0 Å². The number of Topliss-reactive ketones (excluding diaryl/α,β-unsaturated/α-hetero) is 1. The highest BCUT2D eigenvalue weighted by Gasteiger charge is 2.32. The zero-order valence-corrected chi connectivity index (χ0v) is 11.5. The second-order valence-electron chi connectivity index (χ2n) is 5.92. The quantitative estimate of drug-likeness (QED) is 0.773. The van der Waals surface area contributed by atoms with Gasteiger partial charge in [-0.2, -0.15) is 0 Å². The van der Waals surface area contributed by atoms with Crippen molar-refractivity contribution in [3.63, 3.8) is 0 Å². The Bertz CT molecular complexity index is 308. The average molecular weight is 251 g/mol. The van der Waals surface area contributed by atoms with Crippen molar-refractivity contribution in [2.75, 3.05) is 6.54 Å². The maximum Gasteiger partial charge on any atom is 0.225 e. The van der Waals surface area contributed by atoms with Gasteiger partial charge in [0, 0.05) is 24.9 Å². The van der Waals surface area contributed by atoms with Crippen molar-refractivity contribution in [1.29, 1.82) is 0 Å². The fraction of sp³-hybridized carbons (Fsp3) is 0.867. The molecule has 2 rings (SSSR count). The van der Waals surface area contributed by atoms with E-state index in [2.05, 4.69) is 0 Å². The van der Waals surface area contributed by atoms with Crippen molar-refractivity contribution >= 4 is 11.7 Å². The molecule has 1 heterocycles. The third kappa shape index (κ3) is 3.33. The van der Waals surface area contributed by atoms with Crippen molar-refractivity contribution in [1.82, 2.24) is 4.90 Å². The number of hydrogen-bond acceptors (Lipinski definition) is 2. The molecule has 0 aromatic rings. The molecule has 0 bridgehead atoms. The maximum atomic E-state index is 12.6. The monoisotopic (exact) mass is 251 g/mol. The summed E-state index contributed by atoms with van der Waals surface area (Å²) >= 11 is 0. The Labute approximate surface area is 110 Å². The lowest BCUT2D eigenvalue weighted by Crippen LogP contribution is -2.47. The molecule has 3 heteroatoms. The van der Waals surface area contributed by atoms with Gasteiger partial charge in [0.2, 0.25) is 5.91 Å². The van der Waals surface area contributed by atoms with Crippen LogP contribution in [0.15, 0.2) is 0 Å². The first-order chi connectivity index (χ1) is 8.68. The van der Waals surface area contributed by atoms with E-state index in [1.165, 1.54) is 19.3 Å². The van der Waals surface area contributed by atoms with Crippen molar-refractivity contribution in [2.45, 2.75) is 70.8 Å². The zero-order valence-electron chi connectivity index (χ0n) is 11.5. The number of carbonyl (C=O) groups is 2. The van der Waals surface area contributed by atoms with Crippen LogP contribution in [-0.4, -0.2) is 29.2 Å². The van der Waals surface area contributed by atoms with E-state index >= 15 is 0 Å². The van der Waals surface area contributed by atoms with Crippen LogP contribution in [0, 0.1) is 5.92 Å². The molecular formula is C15H25NO2. The van der Waals surface area contributed by atoms with Gasteiger partial charge in [-0.05, 0) is 39.0 Å². The Morgan fingerprint density at radius 3 is 2.33 bits per heavy atom. The first-order valence-electron chi connectivity index (χ1n) is 7.48. The molecule has 18 heavy (non-hydrogen) atoms. The minimum absolute atomic E-state index is 0.186. The Morgan fingerprint density at radius 1 is 1.00 bits per heavy atom. The number of nitrogens with zero attached hydrogens (tertiary/aromatic N) is 1. The van der Waals surface area contributed by atoms with E-state index in [-0.39, 0.29) is 17.7 Å². The number of ketones is 1. The molecule has 0 aromatic carbocycles. The summed E-state index contributed by atoms with van der Waals surface area (Å²) in [5, 5.41) is 0. The highest BCUT2D eigenvalue weighted by atomic mass is 16.2. The Kier molecular flexibility index (Phi) is 4.79. The summed E-state index contributed by atoms with van der Waals surface area (Å²) in [6, 6.07) is 0.186. The van der Waals surface area contributed by atoms with Crippen molar-refractivity contribution in [3.05, 3.63) is 0 Å². The van der Waals surface area contributed by atoms with Crippen LogP contribution < -0.4 is 0 Å². The second-order valence-corrected chi connectivity index (χ2v) is 5.92. The van der Waals surface area contributed by atoms with Crippen molar-refractivity contribution < 1.29 is 9.59 Å². The van der Waals surface area contributed by atoms with Crippen molar-refractivity contribution in [3.8, 4) is 0 Å². The van der Waals surface area contributed by atoms with Gasteiger partial charge in [0.05, 0.1) is 0 Å². The van der Waals surface area contributed by atoms with Crippen LogP contribution in [0.25, 0.3) is 0 Å². The van der Waals surface area contributed by atoms with Gasteiger partial charge in [-0.1, -0.05) is 19.3 Å². The number of rotatable bonds is 3. The minimum Gasteiger partial charge on any atom is -0.339 e. The van der Waals surface area contributed by atoms with Crippen LogP contribution in [-0.2, 0) is 9.59 Å². The third-order valence-corrected chi connectivity index (χ3v) is 4.39. The molecule has 2 fully saturated rings. The minimum atomic E-state index is 0.186. The Hall–Kier alpha value is -0.860. The zero-order chi connectivity index (χ0) is 13.0. The highest BCUT2D eigenvalue weighted by molar-refractivity contribution is 5.81. The number of amides is 1. The van der Waals surface area contributed by atoms with Crippen LogP contribution in [0.1, 0.15) is 64.7 Å². The van der Waals surface area contributed by atoms with E-state index in [9.17, 15) is 9.59 Å². The molecule has 2 aliphatic rings. The number of piperidine rings is 1. The van der Waals surface area contributed by atoms with Crippen LogP contribution in [0.4, 0.5) is 0 Å². The van der Waals surface area contributed by atoms with Crippen molar-refractivity contribution in [2.24, 2.45) is 5.92 Å². The topological polar surface area (TPSA) is 37.4 Å². The summed E-state index contributed by atoms with van der Waals surface area (Å²) in [7, 11) is 0. The van der Waals surface area contributed by atoms with E-state index in [1.807, 2.05) is 4.90 Å². The van der Waals surface area contributed by atoms with Gasteiger partial charge in [0.1, 0.15) is 5.78 Å². The van der Waals surface area contributed by atoms with Crippen LogP contribution in [0.2, 0.25) is 0 Å². The van der Waals surface area contributed by atoms with E-state index in [4.69, 9.17) is 0 Å². The molecule has 1 amide bonds. The molecule has 102 valence electrons. The summed E-state index contributed by atoms with van der Waals surface area (Å²) < 4.78 is 0. The molecule has 0 aromatic heterocycles. The molecule has 3 nitrogen and oxygen atoms in total. The standard InChI is InChI=1S/C15H25NO2/c1-12(17)11-14-9-5-6-10-16(14)15(18)13-7-3-2-4-8-13/h13-14H,2-11H2,1H3. The molecule has 0 N–H and O–H groups in total. The number of likely N-dealkylation sites (tertiary alicyclic amines) is 1. The molecule has 0 spiro atoms. The summed E-state index contributed by atoms with van der Waals surface area (Å²) in [6.45, 7) is 2.51. The van der Waals surface area contributed by atoms with Gasteiger partial charge in [0.25, 0.3) is 0 Å². The first kappa shape index (κ1) is 13.6. The van der Waals surface area contributed by atoms with Crippen LogP contribution >= 0.6 is 0 Å². The number of carbonyl (C=O) groups excluding carboxylic acids is 2. The molecule has 1 atom stereocenters. The summed E-state index contributed by atoms with van der Waals surface area (Å²) in [6.07, 6.45) is 9.61. The fourth-order valence-corrected chi connectivity index (χ4v) is 3.42. The highest BCUT2D eigenvalue weighted by Crippen LogP contribution is 2.29. The molecular weight excluding hydrogens is 226 g/mol. The molecule has 1 saturated carbocycles. The van der Waals surface area contributed by atoms with Gasteiger partial charge in [-0.3, -0.25) is 9.59 Å². The van der Waals surface area contributed by atoms with E-state index in [0.717, 1.165) is 38.6 Å². The molecule has 1 unspecified atom stereocenters. The summed E-state index contributed by atoms with van der Waals surface area (Å²) in [5.41, 5.74) is 0. The van der Waals surface area contributed by atoms with Gasteiger partial charge in [-0.15, -0.1) is 0 Å². The van der Waals surface area contributed by atoms with Crippen LogP contribution in [0.5, 0.6) is 0 Å².